The molecular formula is C23H44. The molecule has 8 atom stereocenters. The molecule has 2 aliphatic rings. The average molecular weight is 321 g/mol. The number of rotatable bonds is 6. The topological polar surface area (TPSA) is 0 Å². The Kier molecular flexibility index (Phi) is 7.49. The van der Waals surface area contributed by atoms with Gasteiger partial charge in [0, 0.05) is 0 Å². The monoisotopic (exact) mass is 320 g/mol. The maximum absolute atomic E-state index is 2.58. The van der Waals surface area contributed by atoms with Crippen molar-refractivity contribution >= 4 is 0 Å². The van der Waals surface area contributed by atoms with Crippen molar-refractivity contribution in [1.29, 1.82) is 0 Å². The Hall–Kier alpha value is 0. The highest BCUT2D eigenvalue weighted by atomic mass is 14.4. The van der Waals surface area contributed by atoms with E-state index in [0.717, 1.165) is 47.3 Å². The lowest BCUT2D eigenvalue weighted by Gasteiger charge is -2.45. The smallest absolute Gasteiger partial charge is 0.0383 e. The van der Waals surface area contributed by atoms with E-state index in [0.29, 0.717) is 0 Å². The molecule has 0 bridgehead atoms. The standard InChI is InChI=1S/C23H44/c1-7-9-20-11-13-22(18(5)16(20)3)15-23-14-12-21(10-8-2)17(4)19(23)6/h16-23H,7-15H2,1-6H3. The van der Waals surface area contributed by atoms with Gasteiger partial charge < -0.3 is 0 Å². The van der Waals surface area contributed by atoms with Gasteiger partial charge in [-0.1, -0.05) is 67.2 Å². The normalized spacial score (nSPS) is 45.1. The zero-order valence-corrected chi connectivity index (χ0v) is 17.0. The van der Waals surface area contributed by atoms with Crippen LogP contribution in [0.5, 0.6) is 0 Å². The maximum atomic E-state index is 2.58. The summed E-state index contributed by atoms with van der Waals surface area (Å²) < 4.78 is 0. The van der Waals surface area contributed by atoms with Crippen molar-refractivity contribution < 1.29 is 0 Å². The SMILES string of the molecule is CCCC1CCC(CC2CCC(CCC)C(C)C2C)C(C)C1C. The van der Waals surface area contributed by atoms with Gasteiger partial charge in [-0.2, -0.15) is 0 Å². The zero-order chi connectivity index (χ0) is 17.0. The lowest BCUT2D eigenvalue weighted by Crippen LogP contribution is -2.36. The molecule has 0 spiro atoms. The fraction of sp³-hybridized carbons (Fsp3) is 1.00. The summed E-state index contributed by atoms with van der Waals surface area (Å²) >= 11 is 0. The second kappa shape index (κ2) is 8.91. The van der Waals surface area contributed by atoms with Gasteiger partial charge in [0.1, 0.15) is 0 Å². The summed E-state index contributed by atoms with van der Waals surface area (Å²) in [7, 11) is 0. The number of hydrogen-bond donors (Lipinski definition) is 0. The first-order valence-corrected chi connectivity index (χ1v) is 11.0. The van der Waals surface area contributed by atoms with E-state index in [2.05, 4.69) is 41.5 Å². The van der Waals surface area contributed by atoms with Gasteiger partial charge in [0.2, 0.25) is 0 Å². The van der Waals surface area contributed by atoms with Crippen molar-refractivity contribution in [3.05, 3.63) is 0 Å². The third-order valence-electron chi connectivity index (χ3n) is 8.37. The fourth-order valence-corrected chi connectivity index (χ4v) is 6.23. The van der Waals surface area contributed by atoms with Gasteiger partial charge in [-0.25, -0.2) is 0 Å². The van der Waals surface area contributed by atoms with Gasteiger partial charge in [-0.3, -0.25) is 0 Å². The molecule has 0 aromatic carbocycles. The van der Waals surface area contributed by atoms with Crippen molar-refractivity contribution in [2.75, 3.05) is 0 Å². The van der Waals surface area contributed by atoms with Crippen LogP contribution in [0.3, 0.4) is 0 Å². The van der Waals surface area contributed by atoms with Gasteiger partial charge in [0.25, 0.3) is 0 Å². The summed E-state index contributed by atoms with van der Waals surface area (Å²) in [6.45, 7) is 15.0. The molecule has 136 valence electrons. The van der Waals surface area contributed by atoms with Crippen LogP contribution < -0.4 is 0 Å². The summed E-state index contributed by atoms with van der Waals surface area (Å²) in [5, 5.41) is 0. The molecule has 0 aliphatic heterocycles. The minimum absolute atomic E-state index is 0.955. The van der Waals surface area contributed by atoms with Gasteiger partial charge in [-0.15, -0.1) is 0 Å². The molecule has 2 fully saturated rings. The van der Waals surface area contributed by atoms with Crippen LogP contribution in [0.25, 0.3) is 0 Å². The molecule has 0 aromatic rings. The van der Waals surface area contributed by atoms with E-state index < -0.39 is 0 Å². The molecule has 23 heavy (non-hydrogen) atoms. The highest BCUT2D eigenvalue weighted by molar-refractivity contribution is 4.88. The van der Waals surface area contributed by atoms with Crippen molar-refractivity contribution in [3.63, 3.8) is 0 Å². The van der Waals surface area contributed by atoms with Crippen molar-refractivity contribution in [2.45, 2.75) is 99.3 Å². The second-order valence-electron chi connectivity index (χ2n) is 9.44. The number of hydrogen-bond acceptors (Lipinski definition) is 0. The van der Waals surface area contributed by atoms with Crippen LogP contribution in [0.1, 0.15) is 99.3 Å². The quantitative estimate of drug-likeness (QED) is 0.473. The highest BCUT2D eigenvalue weighted by Crippen LogP contribution is 2.48. The Morgan fingerprint density at radius 1 is 0.522 bits per heavy atom. The molecule has 0 aromatic heterocycles. The Bertz CT molecular complexity index is 301. The van der Waals surface area contributed by atoms with Gasteiger partial charge in [0.05, 0.1) is 0 Å². The molecule has 0 heterocycles. The van der Waals surface area contributed by atoms with Gasteiger partial charge in [-0.05, 0) is 79.4 Å². The largest absolute Gasteiger partial charge is 0.0654 e. The predicted octanol–water partition coefficient (Wildman–Crippen LogP) is 7.57. The maximum Gasteiger partial charge on any atom is -0.0383 e. The first-order chi connectivity index (χ1) is 11.0. The minimum Gasteiger partial charge on any atom is -0.0654 e. The Balaban J connectivity index is 1.90. The Labute approximate surface area is 147 Å². The molecule has 2 saturated carbocycles. The summed E-state index contributed by atoms with van der Waals surface area (Å²) in [6.07, 6.45) is 13.3. The van der Waals surface area contributed by atoms with Gasteiger partial charge >= 0.3 is 0 Å². The molecular weight excluding hydrogens is 276 g/mol. The minimum atomic E-state index is 0.955. The summed E-state index contributed by atoms with van der Waals surface area (Å²) in [4.78, 5) is 0. The zero-order valence-electron chi connectivity index (χ0n) is 17.0. The third-order valence-corrected chi connectivity index (χ3v) is 8.37. The molecule has 2 aliphatic carbocycles. The molecule has 0 heteroatoms. The van der Waals surface area contributed by atoms with Crippen LogP contribution in [0.15, 0.2) is 0 Å². The fourth-order valence-electron chi connectivity index (χ4n) is 6.23. The van der Waals surface area contributed by atoms with Crippen molar-refractivity contribution in [3.8, 4) is 0 Å². The van der Waals surface area contributed by atoms with E-state index in [-0.39, 0.29) is 0 Å². The summed E-state index contributed by atoms with van der Waals surface area (Å²) in [6, 6.07) is 0. The third kappa shape index (κ3) is 4.55. The van der Waals surface area contributed by atoms with E-state index >= 15 is 0 Å². The van der Waals surface area contributed by atoms with Crippen molar-refractivity contribution in [2.24, 2.45) is 47.3 Å². The second-order valence-corrected chi connectivity index (χ2v) is 9.44. The van der Waals surface area contributed by atoms with E-state index in [4.69, 9.17) is 0 Å². The van der Waals surface area contributed by atoms with Crippen LogP contribution in [0, 0.1) is 47.3 Å². The van der Waals surface area contributed by atoms with E-state index in [9.17, 15) is 0 Å². The van der Waals surface area contributed by atoms with Crippen LogP contribution in [-0.2, 0) is 0 Å². The average Bonchev–Trinajstić information content (AvgIpc) is 2.54. The van der Waals surface area contributed by atoms with Crippen molar-refractivity contribution in [1.82, 2.24) is 0 Å². The molecule has 0 nitrogen and oxygen atoms in total. The van der Waals surface area contributed by atoms with Crippen LogP contribution in [0.4, 0.5) is 0 Å². The first kappa shape index (κ1) is 19.3. The lowest BCUT2D eigenvalue weighted by molar-refractivity contribution is 0.0468. The molecule has 0 saturated heterocycles. The molecule has 0 radical (unpaired) electrons. The van der Waals surface area contributed by atoms with E-state index in [1.807, 2.05) is 0 Å². The van der Waals surface area contributed by atoms with E-state index in [1.54, 1.807) is 0 Å². The summed E-state index contributed by atoms with van der Waals surface area (Å²) in [5.41, 5.74) is 0. The molecule has 0 N–H and O–H groups in total. The molecule has 2 rings (SSSR count). The first-order valence-electron chi connectivity index (χ1n) is 11.0. The lowest BCUT2D eigenvalue weighted by atomic mass is 9.60. The van der Waals surface area contributed by atoms with Crippen LogP contribution >= 0.6 is 0 Å². The molecule has 8 unspecified atom stereocenters. The predicted molar refractivity (Wildman–Crippen MR) is 104 cm³/mol. The molecule has 0 amide bonds. The summed E-state index contributed by atoms with van der Waals surface area (Å²) in [5.74, 6) is 7.88. The highest BCUT2D eigenvalue weighted by Gasteiger charge is 2.38. The van der Waals surface area contributed by atoms with Crippen LogP contribution in [0.2, 0.25) is 0 Å². The Morgan fingerprint density at radius 2 is 0.826 bits per heavy atom. The Morgan fingerprint density at radius 3 is 1.17 bits per heavy atom. The van der Waals surface area contributed by atoms with E-state index in [1.165, 1.54) is 57.8 Å². The van der Waals surface area contributed by atoms with Gasteiger partial charge in [0.15, 0.2) is 0 Å². The van der Waals surface area contributed by atoms with Crippen LogP contribution in [-0.4, -0.2) is 0 Å².